The number of amides is 1. The molecule has 0 aromatic heterocycles. The van der Waals surface area contributed by atoms with Gasteiger partial charge in [0.2, 0.25) is 5.91 Å². The fourth-order valence-corrected chi connectivity index (χ4v) is 3.42. The fraction of sp³-hybridized carbons (Fsp3) is 0.364. The third kappa shape index (κ3) is 7.87. The molecule has 2 aromatic carbocycles. The second-order valence-electron chi connectivity index (χ2n) is 7.01. The van der Waals surface area contributed by atoms with Gasteiger partial charge in [0.1, 0.15) is 0 Å². The lowest BCUT2D eigenvalue weighted by Crippen LogP contribution is -2.37. The van der Waals surface area contributed by atoms with Crippen LogP contribution in [-0.4, -0.2) is 40.1 Å². The highest BCUT2D eigenvalue weighted by Gasteiger charge is 2.06. The van der Waals surface area contributed by atoms with Crippen LogP contribution in [0.4, 0.5) is 5.69 Å². The number of nitrogens with one attached hydrogen (secondary N) is 3. The minimum absolute atomic E-state index is 0.0268. The minimum Gasteiger partial charge on any atom is -0.356 e. The Labute approximate surface area is 178 Å². The summed E-state index contributed by atoms with van der Waals surface area (Å²) in [7, 11) is -1.46. The Bertz CT molecular complexity index is 953. The molecule has 0 unspecified atom stereocenters. The predicted molar refractivity (Wildman–Crippen MR) is 121 cm³/mol. The molecule has 0 radical (unpaired) electrons. The van der Waals surface area contributed by atoms with Crippen molar-refractivity contribution in [2.45, 2.75) is 37.6 Å². The molecule has 0 saturated heterocycles. The van der Waals surface area contributed by atoms with Crippen LogP contribution in [0.15, 0.2) is 58.4 Å². The molecule has 0 aliphatic rings. The van der Waals surface area contributed by atoms with E-state index in [1.807, 2.05) is 43.3 Å². The van der Waals surface area contributed by atoms with E-state index < -0.39 is 9.84 Å². The van der Waals surface area contributed by atoms with E-state index in [-0.39, 0.29) is 5.91 Å². The Hall–Kier alpha value is -2.87. The summed E-state index contributed by atoms with van der Waals surface area (Å²) in [4.78, 5) is 16.2. The van der Waals surface area contributed by atoms with E-state index in [4.69, 9.17) is 0 Å². The molecule has 162 valence electrons. The number of hydrogen-bond acceptors (Lipinski definition) is 4. The Morgan fingerprint density at radius 1 is 0.967 bits per heavy atom. The van der Waals surface area contributed by atoms with Gasteiger partial charge in [-0.1, -0.05) is 31.2 Å². The molecule has 0 fully saturated rings. The van der Waals surface area contributed by atoms with Crippen molar-refractivity contribution in [3.05, 3.63) is 59.7 Å². The minimum atomic E-state index is -3.17. The molecule has 8 heteroatoms. The first kappa shape index (κ1) is 23.4. The first-order valence-electron chi connectivity index (χ1n) is 9.94. The summed E-state index contributed by atoms with van der Waals surface area (Å²) < 4.78 is 23.0. The van der Waals surface area contributed by atoms with Gasteiger partial charge in [0.15, 0.2) is 15.8 Å². The highest BCUT2D eigenvalue weighted by molar-refractivity contribution is 7.90. The third-order valence-corrected chi connectivity index (χ3v) is 5.58. The molecular formula is C22H30N4O3S. The van der Waals surface area contributed by atoms with Crippen LogP contribution in [0.2, 0.25) is 0 Å². The van der Waals surface area contributed by atoms with Gasteiger partial charge in [-0.15, -0.1) is 0 Å². The molecule has 30 heavy (non-hydrogen) atoms. The highest BCUT2D eigenvalue weighted by atomic mass is 32.2. The first-order valence-corrected chi connectivity index (χ1v) is 11.8. The normalized spacial score (nSPS) is 11.8. The van der Waals surface area contributed by atoms with E-state index in [0.717, 1.165) is 29.7 Å². The summed E-state index contributed by atoms with van der Waals surface area (Å²) in [6, 6.07) is 14.6. The number of sulfone groups is 1. The van der Waals surface area contributed by atoms with Crippen LogP contribution in [0.5, 0.6) is 0 Å². The maximum atomic E-state index is 11.6. The second-order valence-corrected chi connectivity index (χ2v) is 9.03. The number of carbonyl (C=O) groups is 1. The zero-order valence-corrected chi connectivity index (χ0v) is 18.6. The van der Waals surface area contributed by atoms with Gasteiger partial charge in [0, 0.05) is 38.5 Å². The van der Waals surface area contributed by atoms with Crippen LogP contribution in [-0.2, 0) is 27.6 Å². The van der Waals surface area contributed by atoms with Gasteiger partial charge in [-0.2, -0.15) is 0 Å². The number of hydrogen-bond donors (Lipinski definition) is 3. The summed E-state index contributed by atoms with van der Waals surface area (Å²) in [5.74, 6) is 0.710. The number of carbonyl (C=O) groups excluding carboxylic acids is 1. The Kier molecular flexibility index (Phi) is 8.86. The average molecular weight is 431 g/mol. The van der Waals surface area contributed by atoms with Gasteiger partial charge >= 0.3 is 0 Å². The van der Waals surface area contributed by atoms with Crippen LogP contribution >= 0.6 is 0 Å². The summed E-state index contributed by atoms with van der Waals surface area (Å²) in [5.41, 5.74) is 2.91. The van der Waals surface area contributed by atoms with Crippen LogP contribution in [0.25, 0.3) is 0 Å². The van der Waals surface area contributed by atoms with E-state index in [9.17, 15) is 13.2 Å². The van der Waals surface area contributed by atoms with Crippen molar-refractivity contribution in [3.63, 3.8) is 0 Å². The zero-order valence-electron chi connectivity index (χ0n) is 17.7. The molecule has 3 N–H and O–H groups in total. The van der Waals surface area contributed by atoms with Gasteiger partial charge in [-0.25, -0.2) is 8.42 Å². The zero-order chi connectivity index (χ0) is 22.0. The molecule has 1 amide bonds. The lowest BCUT2D eigenvalue weighted by atomic mass is 10.1. The molecular weight excluding hydrogens is 400 g/mol. The molecule has 7 nitrogen and oxygen atoms in total. The lowest BCUT2D eigenvalue weighted by Gasteiger charge is -2.12. The second kappa shape index (κ2) is 11.3. The number of guanidine groups is 1. The molecule has 0 atom stereocenters. The van der Waals surface area contributed by atoms with Crippen molar-refractivity contribution in [3.8, 4) is 0 Å². The maximum Gasteiger partial charge on any atom is 0.224 e. The van der Waals surface area contributed by atoms with Crippen LogP contribution in [0.3, 0.4) is 0 Å². The van der Waals surface area contributed by atoms with Crippen molar-refractivity contribution >= 4 is 27.4 Å². The molecule has 0 spiro atoms. The summed E-state index contributed by atoms with van der Waals surface area (Å²) in [6.45, 7) is 3.25. The predicted octanol–water partition coefficient (Wildman–Crippen LogP) is 2.74. The largest absolute Gasteiger partial charge is 0.356 e. The van der Waals surface area contributed by atoms with Crippen LogP contribution in [0.1, 0.15) is 30.9 Å². The molecule has 0 bridgehead atoms. The Morgan fingerprint density at radius 3 is 2.17 bits per heavy atom. The monoisotopic (exact) mass is 430 g/mol. The number of nitrogens with zero attached hydrogens (tertiary/aromatic N) is 1. The highest BCUT2D eigenvalue weighted by Crippen LogP contribution is 2.11. The number of benzene rings is 2. The summed E-state index contributed by atoms with van der Waals surface area (Å²) in [5, 5.41) is 9.37. The lowest BCUT2D eigenvalue weighted by molar-refractivity contribution is -0.116. The standard InChI is InChI=1S/C22H30N4O3S/c1-4-5-21(27)26-19-10-6-18(7-11-19)16-25-22(23-2)24-15-14-17-8-12-20(13-9-17)30(3,28)29/h6-13H,4-5,14-16H2,1-3H3,(H,26,27)(H2,23,24,25). The third-order valence-electron chi connectivity index (χ3n) is 4.46. The van der Waals surface area contributed by atoms with E-state index in [1.165, 1.54) is 6.26 Å². The van der Waals surface area contributed by atoms with Crippen LogP contribution in [0, 0.1) is 0 Å². The molecule has 2 rings (SSSR count). The number of anilines is 1. The fourth-order valence-electron chi connectivity index (χ4n) is 2.79. The molecule has 0 saturated carbocycles. The molecule has 2 aromatic rings. The number of rotatable bonds is 9. The van der Waals surface area contributed by atoms with E-state index in [0.29, 0.717) is 30.4 Å². The van der Waals surface area contributed by atoms with E-state index in [2.05, 4.69) is 20.9 Å². The van der Waals surface area contributed by atoms with Crippen molar-refractivity contribution < 1.29 is 13.2 Å². The van der Waals surface area contributed by atoms with Crippen molar-refractivity contribution in [2.75, 3.05) is 25.2 Å². The van der Waals surface area contributed by atoms with Gasteiger partial charge in [-0.05, 0) is 48.2 Å². The van der Waals surface area contributed by atoms with Crippen LogP contribution < -0.4 is 16.0 Å². The van der Waals surface area contributed by atoms with Gasteiger partial charge < -0.3 is 16.0 Å². The van der Waals surface area contributed by atoms with Gasteiger partial charge in [-0.3, -0.25) is 9.79 Å². The summed E-state index contributed by atoms with van der Waals surface area (Å²) >= 11 is 0. The Balaban J connectivity index is 1.77. The SMILES string of the molecule is CCCC(=O)Nc1ccc(CNC(=NC)NCCc2ccc(S(C)(=O)=O)cc2)cc1. The van der Waals surface area contributed by atoms with E-state index >= 15 is 0 Å². The van der Waals surface area contributed by atoms with Crippen molar-refractivity contribution in [2.24, 2.45) is 4.99 Å². The summed E-state index contributed by atoms with van der Waals surface area (Å²) in [6.07, 6.45) is 3.30. The van der Waals surface area contributed by atoms with Gasteiger partial charge in [0.25, 0.3) is 0 Å². The van der Waals surface area contributed by atoms with Crippen molar-refractivity contribution in [1.29, 1.82) is 0 Å². The first-order chi connectivity index (χ1) is 14.3. The van der Waals surface area contributed by atoms with Crippen molar-refractivity contribution in [1.82, 2.24) is 10.6 Å². The van der Waals surface area contributed by atoms with E-state index in [1.54, 1.807) is 19.2 Å². The average Bonchev–Trinajstić information content (AvgIpc) is 2.71. The molecule has 0 heterocycles. The smallest absolute Gasteiger partial charge is 0.224 e. The maximum absolute atomic E-state index is 11.6. The van der Waals surface area contributed by atoms with Gasteiger partial charge in [0.05, 0.1) is 4.90 Å². The number of aliphatic imine (C=N–C) groups is 1. The Morgan fingerprint density at radius 2 is 1.60 bits per heavy atom. The topological polar surface area (TPSA) is 99.7 Å². The quantitative estimate of drug-likeness (QED) is 0.420. The molecule has 0 aliphatic heterocycles. The molecule has 0 aliphatic carbocycles.